The molecule has 1 amide bonds. The number of aliphatic hydroxyl groups is 1. The highest BCUT2D eigenvalue weighted by atomic mass is 16.5. The van der Waals surface area contributed by atoms with Crippen LogP contribution in [-0.2, 0) is 17.7 Å². The number of benzene rings is 1. The molecule has 30 heavy (non-hydrogen) atoms. The Kier molecular flexibility index (Phi) is 6.88. The van der Waals surface area contributed by atoms with Gasteiger partial charge in [-0.1, -0.05) is 24.3 Å². The van der Waals surface area contributed by atoms with Crippen LogP contribution in [0, 0.1) is 0 Å². The normalized spacial score (nSPS) is 18.4. The van der Waals surface area contributed by atoms with Crippen LogP contribution in [0.3, 0.4) is 0 Å². The molecule has 1 saturated heterocycles. The van der Waals surface area contributed by atoms with Crippen LogP contribution in [0.1, 0.15) is 34.5 Å². The van der Waals surface area contributed by atoms with Crippen molar-refractivity contribution in [3.8, 4) is 0 Å². The summed E-state index contributed by atoms with van der Waals surface area (Å²) in [5, 5.41) is 16.5. The van der Waals surface area contributed by atoms with Crippen LogP contribution >= 0.6 is 0 Å². The molecule has 2 aliphatic rings. The van der Waals surface area contributed by atoms with E-state index in [1.807, 2.05) is 6.07 Å². The summed E-state index contributed by atoms with van der Waals surface area (Å²) in [5.41, 5.74) is 2.98. The third-order valence-corrected chi connectivity index (χ3v) is 5.62. The molecule has 0 aliphatic carbocycles. The molecule has 4 rings (SSSR count). The van der Waals surface area contributed by atoms with Gasteiger partial charge in [0, 0.05) is 51.6 Å². The first-order valence-corrected chi connectivity index (χ1v) is 10.6. The second-order valence-corrected chi connectivity index (χ2v) is 7.91. The number of carbonyl (C=O) groups is 1. The van der Waals surface area contributed by atoms with Crippen molar-refractivity contribution in [2.24, 2.45) is 0 Å². The molecule has 2 aromatic rings. The van der Waals surface area contributed by atoms with E-state index >= 15 is 0 Å². The zero-order valence-corrected chi connectivity index (χ0v) is 17.1. The Morgan fingerprint density at radius 3 is 2.87 bits per heavy atom. The van der Waals surface area contributed by atoms with Gasteiger partial charge in [0.15, 0.2) is 0 Å². The van der Waals surface area contributed by atoms with E-state index in [4.69, 9.17) is 4.74 Å². The van der Waals surface area contributed by atoms with Gasteiger partial charge in [-0.15, -0.1) is 0 Å². The van der Waals surface area contributed by atoms with Gasteiger partial charge in [0.2, 0.25) is 5.95 Å². The number of anilines is 1. The van der Waals surface area contributed by atoms with Crippen molar-refractivity contribution in [1.82, 2.24) is 20.2 Å². The third-order valence-electron chi connectivity index (χ3n) is 5.62. The lowest BCUT2D eigenvalue weighted by molar-refractivity contribution is 0.0837. The van der Waals surface area contributed by atoms with Crippen LogP contribution in [0.4, 0.5) is 5.95 Å². The highest BCUT2D eigenvalue weighted by Crippen LogP contribution is 2.18. The molecule has 8 nitrogen and oxygen atoms in total. The fraction of sp³-hybridized carbons (Fsp3) is 0.500. The van der Waals surface area contributed by atoms with Crippen molar-refractivity contribution in [2.75, 3.05) is 38.2 Å². The van der Waals surface area contributed by atoms with E-state index in [1.165, 1.54) is 11.1 Å². The Labute approximate surface area is 176 Å². The molecule has 3 N–H and O–H groups in total. The van der Waals surface area contributed by atoms with Gasteiger partial charge in [-0.2, -0.15) is 0 Å². The molecule has 2 aliphatic heterocycles. The number of rotatable bonds is 7. The first kappa shape index (κ1) is 20.7. The highest BCUT2D eigenvalue weighted by molar-refractivity contribution is 5.92. The Balaban J connectivity index is 1.24. The zero-order valence-electron chi connectivity index (χ0n) is 17.1. The zero-order chi connectivity index (χ0) is 20.8. The number of aromatic nitrogens is 2. The summed E-state index contributed by atoms with van der Waals surface area (Å²) in [6.45, 7) is 3.89. The summed E-state index contributed by atoms with van der Waals surface area (Å²) in [5.74, 6) is 0.137. The lowest BCUT2D eigenvalue weighted by Crippen LogP contribution is -2.42. The van der Waals surface area contributed by atoms with Crippen molar-refractivity contribution in [1.29, 1.82) is 0 Å². The van der Waals surface area contributed by atoms with E-state index in [9.17, 15) is 9.90 Å². The SMILES string of the molecule is O=C(NCC(O)CN1CCc2ccccc2C1)c1ccnc(NC2CCOCC2)n1. The molecule has 1 atom stereocenters. The smallest absolute Gasteiger partial charge is 0.270 e. The van der Waals surface area contributed by atoms with Gasteiger partial charge < -0.3 is 20.5 Å². The molecular formula is C22H29N5O3. The van der Waals surface area contributed by atoms with Crippen LogP contribution in [0.25, 0.3) is 0 Å². The van der Waals surface area contributed by atoms with E-state index in [0.717, 1.165) is 45.6 Å². The molecule has 0 saturated carbocycles. The number of ether oxygens (including phenoxy) is 1. The van der Waals surface area contributed by atoms with Crippen molar-refractivity contribution in [2.45, 2.75) is 38.0 Å². The number of amides is 1. The summed E-state index contributed by atoms with van der Waals surface area (Å²) in [7, 11) is 0. The Morgan fingerprint density at radius 2 is 2.03 bits per heavy atom. The number of fused-ring (bicyclic) bond motifs is 1. The van der Waals surface area contributed by atoms with Crippen molar-refractivity contribution in [3.63, 3.8) is 0 Å². The van der Waals surface area contributed by atoms with Crippen LogP contribution in [-0.4, -0.2) is 70.9 Å². The van der Waals surface area contributed by atoms with Crippen molar-refractivity contribution >= 4 is 11.9 Å². The van der Waals surface area contributed by atoms with E-state index in [0.29, 0.717) is 18.2 Å². The van der Waals surface area contributed by atoms with Crippen LogP contribution in [0.2, 0.25) is 0 Å². The van der Waals surface area contributed by atoms with Crippen LogP contribution in [0.5, 0.6) is 0 Å². The van der Waals surface area contributed by atoms with E-state index in [1.54, 1.807) is 12.3 Å². The van der Waals surface area contributed by atoms with Crippen molar-refractivity contribution < 1.29 is 14.6 Å². The van der Waals surface area contributed by atoms with Crippen LogP contribution < -0.4 is 10.6 Å². The molecular weight excluding hydrogens is 382 g/mol. The number of carbonyl (C=O) groups excluding carboxylic acids is 1. The number of hydrogen-bond acceptors (Lipinski definition) is 7. The molecule has 1 unspecified atom stereocenters. The minimum atomic E-state index is -0.638. The predicted molar refractivity (Wildman–Crippen MR) is 113 cm³/mol. The summed E-state index contributed by atoms with van der Waals surface area (Å²) >= 11 is 0. The van der Waals surface area contributed by atoms with Gasteiger partial charge in [0.05, 0.1) is 6.10 Å². The quantitative estimate of drug-likeness (QED) is 0.630. The first-order valence-electron chi connectivity index (χ1n) is 10.6. The van der Waals surface area contributed by atoms with Gasteiger partial charge in [-0.3, -0.25) is 9.69 Å². The minimum absolute atomic E-state index is 0.184. The maximum absolute atomic E-state index is 12.5. The average molecular weight is 412 g/mol. The molecule has 0 bridgehead atoms. The van der Waals surface area contributed by atoms with Gasteiger partial charge >= 0.3 is 0 Å². The Bertz CT molecular complexity index is 856. The topological polar surface area (TPSA) is 99.6 Å². The molecule has 0 radical (unpaired) electrons. The molecule has 0 spiro atoms. The average Bonchev–Trinajstić information content (AvgIpc) is 2.78. The third kappa shape index (κ3) is 5.53. The first-order chi connectivity index (χ1) is 14.7. The van der Waals surface area contributed by atoms with Gasteiger partial charge in [0.1, 0.15) is 5.69 Å². The van der Waals surface area contributed by atoms with Crippen molar-refractivity contribution in [3.05, 3.63) is 53.3 Å². The predicted octanol–water partition coefficient (Wildman–Crippen LogP) is 1.22. The lowest BCUT2D eigenvalue weighted by Gasteiger charge is -2.30. The fourth-order valence-corrected chi connectivity index (χ4v) is 3.95. The fourth-order valence-electron chi connectivity index (χ4n) is 3.95. The van der Waals surface area contributed by atoms with Gasteiger partial charge in [0.25, 0.3) is 5.91 Å². The summed E-state index contributed by atoms with van der Waals surface area (Å²) in [6, 6.07) is 10.3. The van der Waals surface area contributed by atoms with E-state index < -0.39 is 6.10 Å². The molecule has 3 heterocycles. The standard InChI is InChI=1S/C22H29N5O3/c28-19(15-27-10-6-16-3-1-2-4-17(16)14-27)13-24-21(29)20-5-9-23-22(26-20)25-18-7-11-30-12-8-18/h1-5,9,18-19,28H,6-8,10-15H2,(H,24,29)(H,23,25,26). The van der Waals surface area contributed by atoms with E-state index in [2.05, 4.69) is 43.7 Å². The maximum atomic E-state index is 12.5. The minimum Gasteiger partial charge on any atom is -0.390 e. The molecule has 160 valence electrons. The lowest BCUT2D eigenvalue weighted by atomic mass is 10.00. The van der Waals surface area contributed by atoms with Gasteiger partial charge in [-0.05, 0) is 36.5 Å². The monoisotopic (exact) mass is 411 g/mol. The molecule has 1 fully saturated rings. The number of aliphatic hydroxyl groups excluding tert-OH is 1. The number of nitrogens with zero attached hydrogens (tertiary/aromatic N) is 3. The number of hydrogen-bond donors (Lipinski definition) is 3. The molecule has 1 aromatic carbocycles. The number of nitrogens with one attached hydrogen (secondary N) is 2. The second-order valence-electron chi connectivity index (χ2n) is 7.91. The maximum Gasteiger partial charge on any atom is 0.270 e. The Hall–Kier alpha value is -2.55. The second kappa shape index (κ2) is 9.97. The van der Waals surface area contributed by atoms with E-state index in [-0.39, 0.29) is 18.5 Å². The highest BCUT2D eigenvalue weighted by Gasteiger charge is 2.20. The summed E-state index contributed by atoms with van der Waals surface area (Å²) in [6.07, 6.45) is 3.71. The Morgan fingerprint density at radius 1 is 1.23 bits per heavy atom. The van der Waals surface area contributed by atoms with Crippen LogP contribution in [0.15, 0.2) is 36.5 Å². The molecule has 8 heteroatoms. The summed E-state index contributed by atoms with van der Waals surface area (Å²) in [4.78, 5) is 23.2. The number of β-amino-alcohol motifs (C(OH)–C–C–N with tert-alkyl or cyclic N) is 1. The molecule has 1 aromatic heterocycles. The largest absolute Gasteiger partial charge is 0.390 e. The summed E-state index contributed by atoms with van der Waals surface area (Å²) < 4.78 is 5.35. The van der Waals surface area contributed by atoms with Gasteiger partial charge in [-0.25, -0.2) is 9.97 Å².